The number of benzene rings is 2. The second-order valence-corrected chi connectivity index (χ2v) is 9.13. The lowest BCUT2D eigenvalue weighted by Gasteiger charge is -2.13. The molecule has 212 valence electrons. The summed E-state index contributed by atoms with van der Waals surface area (Å²) in [6, 6.07) is 15.6. The summed E-state index contributed by atoms with van der Waals surface area (Å²) in [5.74, 6) is 1.96. The van der Waals surface area contributed by atoms with E-state index in [2.05, 4.69) is 37.0 Å². The summed E-state index contributed by atoms with van der Waals surface area (Å²) in [6.45, 7) is 2.34. The molecule has 0 aliphatic heterocycles. The third-order valence-electron chi connectivity index (χ3n) is 6.05. The Bertz CT molecular complexity index is 1460. The van der Waals surface area contributed by atoms with Crippen LogP contribution in [0, 0.1) is 0 Å². The fourth-order valence-corrected chi connectivity index (χ4v) is 4.39. The summed E-state index contributed by atoms with van der Waals surface area (Å²) >= 11 is 6.57. The van der Waals surface area contributed by atoms with Crippen molar-refractivity contribution >= 4 is 59.0 Å². The van der Waals surface area contributed by atoms with E-state index in [-0.39, 0.29) is 31.4 Å². The lowest BCUT2D eigenvalue weighted by atomic mass is 10.1. The highest BCUT2D eigenvalue weighted by atomic mass is 35.5. The third kappa shape index (κ3) is 8.09. The van der Waals surface area contributed by atoms with E-state index in [4.69, 9.17) is 26.2 Å². The Morgan fingerprint density at radius 2 is 1.80 bits per heavy atom. The molecule has 5 aromatic rings. The van der Waals surface area contributed by atoms with Gasteiger partial charge in [0.15, 0.2) is 5.82 Å². The van der Waals surface area contributed by atoms with Crippen molar-refractivity contribution in [1.29, 1.82) is 0 Å². The van der Waals surface area contributed by atoms with Crippen LogP contribution < -0.4 is 10.1 Å². The normalized spacial score (nSPS) is 10.7. The van der Waals surface area contributed by atoms with Gasteiger partial charge in [-0.25, -0.2) is 15.0 Å². The van der Waals surface area contributed by atoms with Crippen LogP contribution >= 0.6 is 36.4 Å². The molecule has 0 bridgehead atoms. The SMILES string of the molecule is Cl.Cl.OCCOCCn1ccc2ncnc(Nc3ccc(Oc4ccc(CCCn5ccnc5)cc4)c(Cl)c3)c21. The fraction of sp³-hybridized carbons (Fsp3) is 0.250. The number of nitrogens with one attached hydrogen (secondary N) is 1. The van der Waals surface area contributed by atoms with Crippen molar-refractivity contribution in [2.24, 2.45) is 0 Å². The van der Waals surface area contributed by atoms with Gasteiger partial charge < -0.3 is 29.0 Å². The number of anilines is 2. The number of halogens is 3. The first-order valence-electron chi connectivity index (χ1n) is 12.5. The predicted octanol–water partition coefficient (Wildman–Crippen LogP) is 6.30. The molecule has 0 amide bonds. The molecule has 0 fully saturated rings. The van der Waals surface area contributed by atoms with Gasteiger partial charge in [-0.2, -0.15) is 0 Å². The molecule has 12 heteroatoms. The molecule has 5 rings (SSSR count). The van der Waals surface area contributed by atoms with Gasteiger partial charge in [0.1, 0.15) is 23.3 Å². The number of imidazole rings is 1. The van der Waals surface area contributed by atoms with Crippen LogP contribution in [0.15, 0.2) is 79.8 Å². The summed E-state index contributed by atoms with van der Waals surface area (Å²) < 4.78 is 15.6. The number of aryl methyl sites for hydroxylation is 2. The summed E-state index contributed by atoms with van der Waals surface area (Å²) in [5.41, 5.74) is 3.71. The van der Waals surface area contributed by atoms with Crippen molar-refractivity contribution < 1.29 is 14.6 Å². The van der Waals surface area contributed by atoms with Crippen molar-refractivity contribution in [1.82, 2.24) is 24.1 Å². The zero-order valence-electron chi connectivity index (χ0n) is 21.6. The molecule has 0 radical (unpaired) electrons. The summed E-state index contributed by atoms with van der Waals surface area (Å²) in [4.78, 5) is 12.9. The number of aliphatic hydroxyl groups is 1. The first kappa shape index (κ1) is 31.2. The molecule has 2 N–H and O–H groups in total. The molecule has 9 nitrogen and oxygen atoms in total. The molecule has 2 aromatic carbocycles. The van der Waals surface area contributed by atoms with E-state index in [0.29, 0.717) is 36.3 Å². The monoisotopic (exact) mass is 604 g/mol. The number of hydrogen-bond acceptors (Lipinski definition) is 7. The number of aromatic nitrogens is 5. The largest absolute Gasteiger partial charge is 0.456 e. The first-order chi connectivity index (χ1) is 18.7. The Balaban J connectivity index is 0.00000220. The maximum atomic E-state index is 8.91. The van der Waals surface area contributed by atoms with E-state index in [1.165, 1.54) is 11.9 Å². The number of ether oxygens (including phenoxy) is 2. The van der Waals surface area contributed by atoms with Gasteiger partial charge in [0.25, 0.3) is 0 Å². The van der Waals surface area contributed by atoms with Crippen molar-refractivity contribution in [2.45, 2.75) is 25.9 Å². The standard InChI is InChI=1S/C28H29ClN6O3.2ClH/c29-24-18-22(33-28-27-25(31-19-32-28)9-12-35(27)14-16-37-17-15-36)5-8-26(24)38-23-6-3-21(4-7-23)2-1-11-34-13-10-30-20-34;;/h3-10,12-13,18-20,36H,1-2,11,14-17H2,(H,31,32,33);2*1H. The van der Waals surface area contributed by atoms with Crippen molar-refractivity contribution in [3.63, 3.8) is 0 Å². The van der Waals surface area contributed by atoms with Crippen LogP contribution in [0.3, 0.4) is 0 Å². The van der Waals surface area contributed by atoms with E-state index in [0.717, 1.165) is 41.9 Å². The van der Waals surface area contributed by atoms with E-state index in [1.807, 2.05) is 59.7 Å². The molecule has 0 aliphatic carbocycles. The van der Waals surface area contributed by atoms with Gasteiger partial charge in [0, 0.05) is 37.4 Å². The highest BCUT2D eigenvalue weighted by Crippen LogP contribution is 2.33. The zero-order valence-corrected chi connectivity index (χ0v) is 24.0. The van der Waals surface area contributed by atoms with Gasteiger partial charge in [-0.15, -0.1) is 24.8 Å². The van der Waals surface area contributed by atoms with E-state index >= 15 is 0 Å². The molecule has 0 saturated heterocycles. The van der Waals surface area contributed by atoms with Crippen LogP contribution in [-0.2, 0) is 24.2 Å². The van der Waals surface area contributed by atoms with Crippen LogP contribution in [0.1, 0.15) is 12.0 Å². The number of aliphatic hydroxyl groups excluding tert-OH is 1. The van der Waals surface area contributed by atoms with E-state index in [9.17, 15) is 0 Å². The predicted molar refractivity (Wildman–Crippen MR) is 162 cm³/mol. The van der Waals surface area contributed by atoms with E-state index in [1.54, 1.807) is 6.20 Å². The Morgan fingerprint density at radius 1 is 0.950 bits per heavy atom. The lowest BCUT2D eigenvalue weighted by Crippen LogP contribution is -2.09. The van der Waals surface area contributed by atoms with Crippen LogP contribution in [0.25, 0.3) is 11.0 Å². The van der Waals surface area contributed by atoms with Crippen molar-refractivity contribution in [3.05, 3.63) is 90.4 Å². The van der Waals surface area contributed by atoms with Crippen LogP contribution in [0.2, 0.25) is 5.02 Å². The first-order valence-corrected chi connectivity index (χ1v) is 12.8. The maximum Gasteiger partial charge on any atom is 0.158 e. The van der Waals surface area contributed by atoms with Crippen molar-refractivity contribution in [2.75, 3.05) is 25.1 Å². The average Bonchev–Trinajstić information content (AvgIpc) is 3.60. The lowest BCUT2D eigenvalue weighted by molar-refractivity contribution is 0.0875. The molecular formula is C28H31Cl3N6O3. The minimum absolute atomic E-state index is 0. The Hall–Kier alpha value is -3.34. The molecule has 3 heterocycles. The second kappa shape index (κ2) is 15.4. The van der Waals surface area contributed by atoms with Gasteiger partial charge in [0.2, 0.25) is 0 Å². The number of nitrogens with zero attached hydrogens (tertiary/aromatic N) is 5. The Kier molecular flexibility index (Phi) is 12.0. The van der Waals surface area contributed by atoms with Gasteiger partial charge in [-0.3, -0.25) is 0 Å². The maximum absolute atomic E-state index is 8.91. The molecule has 0 unspecified atom stereocenters. The highest BCUT2D eigenvalue weighted by Gasteiger charge is 2.11. The molecule has 0 atom stereocenters. The zero-order chi connectivity index (χ0) is 26.2. The van der Waals surface area contributed by atoms with Gasteiger partial charge in [0.05, 0.1) is 36.7 Å². The van der Waals surface area contributed by atoms with E-state index < -0.39 is 0 Å². The van der Waals surface area contributed by atoms with Crippen LogP contribution in [0.4, 0.5) is 11.5 Å². The smallest absolute Gasteiger partial charge is 0.158 e. The summed E-state index contributed by atoms with van der Waals surface area (Å²) in [6.07, 6.45) is 11.1. The minimum Gasteiger partial charge on any atom is -0.456 e. The quantitative estimate of drug-likeness (QED) is 0.152. The highest BCUT2D eigenvalue weighted by molar-refractivity contribution is 6.32. The van der Waals surface area contributed by atoms with Crippen molar-refractivity contribution in [3.8, 4) is 11.5 Å². The Morgan fingerprint density at radius 3 is 2.55 bits per heavy atom. The number of hydrogen-bond donors (Lipinski definition) is 2. The number of fused-ring (bicyclic) bond motifs is 1. The molecule has 0 spiro atoms. The summed E-state index contributed by atoms with van der Waals surface area (Å²) in [5, 5.41) is 12.7. The Labute approximate surface area is 250 Å². The van der Waals surface area contributed by atoms with Crippen LogP contribution in [0.5, 0.6) is 11.5 Å². The molecule has 0 saturated carbocycles. The average molecular weight is 606 g/mol. The van der Waals surface area contributed by atoms with Crippen LogP contribution in [-0.4, -0.2) is 49.0 Å². The van der Waals surface area contributed by atoms with Gasteiger partial charge in [-0.05, 0) is 54.8 Å². The minimum atomic E-state index is 0. The van der Waals surface area contributed by atoms with Gasteiger partial charge in [-0.1, -0.05) is 23.7 Å². The topological polar surface area (TPSA) is 99.3 Å². The molecule has 40 heavy (non-hydrogen) atoms. The molecule has 0 aliphatic rings. The number of rotatable bonds is 13. The fourth-order valence-electron chi connectivity index (χ4n) is 4.17. The molecule has 3 aromatic heterocycles. The molecular weight excluding hydrogens is 575 g/mol. The third-order valence-corrected chi connectivity index (χ3v) is 6.34. The summed E-state index contributed by atoms with van der Waals surface area (Å²) in [7, 11) is 0. The second-order valence-electron chi connectivity index (χ2n) is 8.72. The van der Waals surface area contributed by atoms with Gasteiger partial charge >= 0.3 is 0 Å².